The minimum absolute atomic E-state index is 0.136. The monoisotopic (exact) mass is 186 g/mol. The lowest BCUT2D eigenvalue weighted by molar-refractivity contribution is 0.477. The smallest absolute Gasteiger partial charge is 0.229 e. The van der Waals surface area contributed by atoms with E-state index in [1.54, 1.807) is 0 Å². The highest BCUT2D eigenvalue weighted by atomic mass is 32.2. The van der Waals surface area contributed by atoms with E-state index in [1.807, 2.05) is 0 Å². The Kier molecular flexibility index (Phi) is 2.23. The van der Waals surface area contributed by atoms with Crippen LogP contribution in [-0.4, -0.2) is 19.8 Å². The summed E-state index contributed by atoms with van der Waals surface area (Å²) in [5.41, 5.74) is 0.163. The van der Waals surface area contributed by atoms with Gasteiger partial charge in [0.2, 0.25) is 10.0 Å². The molecule has 0 amide bonds. The summed E-state index contributed by atoms with van der Waals surface area (Å²) >= 11 is 0. The van der Waals surface area contributed by atoms with Crippen LogP contribution in [0.15, 0.2) is 18.2 Å². The largest absolute Gasteiger partial charge is 0.506 e. The van der Waals surface area contributed by atoms with Gasteiger partial charge in [0.05, 0.1) is 11.9 Å². The molecule has 0 saturated heterocycles. The van der Waals surface area contributed by atoms with Gasteiger partial charge < -0.3 is 5.11 Å². The van der Waals surface area contributed by atoms with E-state index in [0.29, 0.717) is 0 Å². The summed E-state index contributed by atoms with van der Waals surface area (Å²) in [7, 11) is -3.32. The Morgan fingerprint density at radius 3 is 2.75 bits per heavy atom. The summed E-state index contributed by atoms with van der Waals surface area (Å²) < 4.78 is 23.6. The molecular formula is C7H8NO3S. The van der Waals surface area contributed by atoms with Crippen LogP contribution in [0.25, 0.3) is 0 Å². The lowest BCUT2D eigenvalue weighted by Gasteiger charge is -2.04. The van der Waals surface area contributed by atoms with Crippen molar-refractivity contribution in [1.82, 2.24) is 0 Å². The van der Waals surface area contributed by atoms with Crippen LogP contribution < -0.4 is 4.72 Å². The van der Waals surface area contributed by atoms with Gasteiger partial charge in [0.15, 0.2) is 0 Å². The van der Waals surface area contributed by atoms with Gasteiger partial charge >= 0.3 is 0 Å². The van der Waals surface area contributed by atoms with Gasteiger partial charge in [0.25, 0.3) is 0 Å². The molecule has 0 saturated carbocycles. The molecule has 0 bridgehead atoms. The first-order valence-corrected chi connectivity index (χ1v) is 5.05. The molecule has 0 fully saturated rings. The van der Waals surface area contributed by atoms with Crippen molar-refractivity contribution in [1.29, 1.82) is 0 Å². The van der Waals surface area contributed by atoms with Crippen LogP contribution in [0.2, 0.25) is 0 Å². The van der Waals surface area contributed by atoms with Crippen LogP contribution in [0.1, 0.15) is 0 Å². The van der Waals surface area contributed by atoms with Gasteiger partial charge in [-0.25, -0.2) is 8.42 Å². The van der Waals surface area contributed by atoms with E-state index >= 15 is 0 Å². The molecule has 4 nitrogen and oxygen atoms in total. The second-order valence-corrected chi connectivity index (χ2v) is 4.07. The number of aromatic hydroxyl groups is 1. The van der Waals surface area contributed by atoms with Gasteiger partial charge in [0, 0.05) is 0 Å². The summed E-state index contributed by atoms with van der Waals surface area (Å²) in [4.78, 5) is 0. The average Bonchev–Trinajstić information content (AvgIpc) is 1.91. The zero-order chi connectivity index (χ0) is 9.19. The first kappa shape index (κ1) is 8.86. The number of anilines is 1. The van der Waals surface area contributed by atoms with E-state index in [2.05, 4.69) is 10.8 Å². The zero-order valence-corrected chi connectivity index (χ0v) is 7.22. The van der Waals surface area contributed by atoms with E-state index in [4.69, 9.17) is 5.11 Å². The number of nitrogens with one attached hydrogen (secondary N) is 1. The van der Waals surface area contributed by atoms with Crippen LogP contribution in [0.5, 0.6) is 5.75 Å². The highest BCUT2D eigenvalue weighted by Gasteiger charge is 2.04. The van der Waals surface area contributed by atoms with Gasteiger partial charge in [-0.05, 0) is 18.2 Å². The van der Waals surface area contributed by atoms with Gasteiger partial charge in [-0.2, -0.15) is 0 Å². The molecule has 0 heterocycles. The van der Waals surface area contributed by atoms with Crippen LogP contribution in [0.4, 0.5) is 5.69 Å². The fraction of sp³-hybridized carbons (Fsp3) is 0.143. The van der Waals surface area contributed by atoms with E-state index in [1.165, 1.54) is 18.2 Å². The van der Waals surface area contributed by atoms with Crippen molar-refractivity contribution in [2.75, 3.05) is 11.0 Å². The number of sulfonamides is 1. The second-order valence-electron chi connectivity index (χ2n) is 2.32. The zero-order valence-electron chi connectivity index (χ0n) is 6.40. The van der Waals surface area contributed by atoms with Crippen LogP contribution >= 0.6 is 0 Å². The predicted molar refractivity (Wildman–Crippen MR) is 45.4 cm³/mol. The van der Waals surface area contributed by atoms with E-state index < -0.39 is 10.0 Å². The predicted octanol–water partition coefficient (Wildman–Crippen LogP) is 0.564. The van der Waals surface area contributed by atoms with Gasteiger partial charge in [0.1, 0.15) is 5.75 Å². The van der Waals surface area contributed by atoms with Gasteiger partial charge in [-0.3, -0.25) is 4.72 Å². The third-order valence-electron chi connectivity index (χ3n) is 1.14. The maximum Gasteiger partial charge on any atom is 0.229 e. The summed E-state index contributed by atoms with van der Waals surface area (Å²) in [5.74, 6) is -0.136. The first-order chi connectivity index (χ1) is 5.49. The van der Waals surface area contributed by atoms with Crippen LogP contribution in [0, 0.1) is 6.07 Å². The molecule has 5 heteroatoms. The molecule has 0 aromatic heterocycles. The third kappa shape index (κ3) is 2.43. The quantitative estimate of drug-likeness (QED) is 0.663. The number of phenols is 1. The normalized spacial score (nSPS) is 11.1. The molecule has 1 aromatic rings. The van der Waals surface area contributed by atoms with Crippen molar-refractivity contribution in [3.63, 3.8) is 0 Å². The Hall–Kier alpha value is -1.23. The molecule has 0 aliphatic heterocycles. The fourth-order valence-corrected chi connectivity index (χ4v) is 1.28. The maximum absolute atomic E-state index is 10.7. The summed E-state index contributed by atoms with van der Waals surface area (Å²) in [5, 5.41) is 9.12. The van der Waals surface area contributed by atoms with Crippen LogP contribution in [0.3, 0.4) is 0 Å². The van der Waals surface area contributed by atoms with Crippen molar-refractivity contribution >= 4 is 15.7 Å². The Morgan fingerprint density at radius 2 is 2.25 bits per heavy atom. The topological polar surface area (TPSA) is 66.4 Å². The van der Waals surface area contributed by atoms with E-state index in [0.717, 1.165) is 6.26 Å². The number of hydrogen-bond donors (Lipinski definition) is 2. The SMILES string of the molecule is CS(=O)(=O)Nc1cc[c]cc1O. The van der Waals surface area contributed by atoms with Crippen LogP contribution in [-0.2, 0) is 10.0 Å². The molecule has 12 heavy (non-hydrogen) atoms. The number of rotatable bonds is 2. The highest BCUT2D eigenvalue weighted by molar-refractivity contribution is 7.92. The van der Waals surface area contributed by atoms with Crippen molar-refractivity contribution < 1.29 is 13.5 Å². The number of phenolic OH excluding ortho intramolecular Hbond substituents is 1. The minimum atomic E-state index is -3.32. The Balaban J connectivity index is 2.98. The molecule has 1 rings (SSSR count). The Labute approximate surface area is 70.9 Å². The molecule has 65 valence electrons. The van der Waals surface area contributed by atoms with E-state index in [9.17, 15) is 8.42 Å². The van der Waals surface area contributed by atoms with Gasteiger partial charge in [-0.15, -0.1) is 0 Å². The van der Waals surface area contributed by atoms with Crippen molar-refractivity contribution in [2.24, 2.45) is 0 Å². The van der Waals surface area contributed by atoms with Crippen molar-refractivity contribution in [2.45, 2.75) is 0 Å². The number of hydrogen-bond acceptors (Lipinski definition) is 3. The molecule has 2 N–H and O–H groups in total. The Morgan fingerprint density at radius 1 is 1.58 bits per heavy atom. The summed E-state index contributed by atoms with van der Waals surface area (Å²) in [6, 6.07) is 6.82. The van der Waals surface area contributed by atoms with Crippen molar-refractivity contribution in [3.8, 4) is 5.75 Å². The molecule has 0 aliphatic carbocycles. The molecule has 0 spiro atoms. The second kappa shape index (κ2) is 3.02. The molecular weight excluding hydrogens is 178 g/mol. The average molecular weight is 186 g/mol. The van der Waals surface area contributed by atoms with Crippen molar-refractivity contribution in [3.05, 3.63) is 24.3 Å². The fourth-order valence-electron chi connectivity index (χ4n) is 0.708. The molecule has 0 unspecified atom stereocenters. The first-order valence-electron chi connectivity index (χ1n) is 3.16. The molecule has 0 aliphatic rings. The third-order valence-corrected chi connectivity index (χ3v) is 1.73. The number of benzene rings is 1. The maximum atomic E-state index is 10.7. The Bertz CT molecular complexity index is 372. The molecule has 1 aromatic carbocycles. The standard InChI is InChI=1S/C7H8NO3S/c1-12(10,11)8-6-4-2-3-5-7(6)9/h2,4-5,8-9H,1H3. The summed E-state index contributed by atoms with van der Waals surface area (Å²) in [6.07, 6.45) is 1.02. The van der Waals surface area contributed by atoms with Gasteiger partial charge in [-0.1, -0.05) is 6.07 Å². The lowest BCUT2D eigenvalue weighted by Crippen LogP contribution is -2.09. The minimum Gasteiger partial charge on any atom is -0.506 e. The highest BCUT2D eigenvalue weighted by Crippen LogP contribution is 2.21. The van der Waals surface area contributed by atoms with E-state index in [-0.39, 0.29) is 11.4 Å². The summed E-state index contributed by atoms with van der Waals surface area (Å²) in [6.45, 7) is 0. The lowest BCUT2D eigenvalue weighted by atomic mass is 10.3. The molecule has 1 radical (unpaired) electrons. The molecule has 0 atom stereocenters.